The summed E-state index contributed by atoms with van der Waals surface area (Å²) >= 11 is 1.54. The molecule has 0 spiro atoms. The van der Waals surface area contributed by atoms with Gasteiger partial charge in [0.05, 0.1) is 12.1 Å². The predicted molar refractivity (Wildman–Crippen MR) is 103 cm³/mol. The molecule has 1 heterocycles. The summed E-state index contributed by atoms with van der Waals surface area (Å²) in [5.74, 6) is 0.403. The van der Waals surface area contributed by atoms with E-state index in [9.17, 15) is 9.59 Å². The lowest BCUT2D eigenvalue weighted by Crippen LogP contribution is -2.50. The van der Waals surface area contributed by atoms with Crippen LogP contribution in [-0.2, 0) is 0 Å². The molecule has 0 unspecified atom stereocenters. The molecular formula is C20H24N2O3S. The number of carbonyl (C=O) groups is 2. The molecule has 5 nitrogen and oxygen atoms in total. The Hall–Kier alpha value is -2.18. The van der Waals surface area contributed by atoms with E-state index in [2.05, 4.69) is 4.90 Å². The summed E-state index contributed by atoms with van der Waals surface area (Å²) < 4.78 is 6.02. The lowest BCUT2D eigenvalue weighted by molar-refractivity contribution is 0.0571. The van der Waals surface area contributed by atoms with E-state index in [-0.39, 0.29) is 11.3 Å². The third-order valence-electron chi connectivity index (χ3n) is 5.21. The van der Waals surface area contributed by atoms with Gasteiger partial charge in [0, 0.05) is 16.5 Å². The van der Waals surface area contributed by atoms with Crippen LogP contribution in [0.5, 0.6) is 5.75 Å². The lowest BCUT2D eigenvalue weighted by Gasteiger charge is -2.38. The Morgan fingerprint density at radius 2 is 1.85 bits per heavy atom. The Labute approximate surface area is 157 Å². The summed E-state index contributed by atoms with van der Waals surface area (Å²) in [5, 5.41) is 3.83. The number of likely N-dealkylation sites (N-methyl/N-ethyl adjacent to an activating group) is 1. The number of rotatable bonds is 8. The highest BCUT2D eigenvalue weighted by Crippen LogP contribution is 2.35. The van der Waals surface area contributed by atoms with Crippen LogP contribution < -0.4 is 10.5 Å². The number of Topliss-reactive ketones (excluding diaryl/α,β-unsaturated/α-hetero) is 1. The quantitative estimate of drug-likeness (QED) is 0.721. The fourth-order valence-electron chi connectivity index (χ4n) is 3.50. The predicted octanol–water partition coefficient (Wildman–Crippen LogP) is 3.35. The number of ether oxygens (including phenoxy) is 1. The minimum atomic E-state index is -0.449. The van der Waals surface area contributed by atoms with E-state index in [1.165, 1.54) is 0 Å². The van der Waals surface area contributed by atoms with Gasteiger partial charge in [-0.05, 0) is 55.6 Å². The largest absolute Gasteiger partial charge is 0.492 e. The monoisotopic (exact) mass is 372 g/mol. The van der Waals surface area contributed by atoms with Gasteiger partial charge in [-0.25, -0.2) is 0 Å². The Morgan fingerprint density at radius 1 is 1.15 bits per heavy atom. The van der Waals surface area contributed by atoms with Crippen molar-refractivity contribution in [3.05, 3.63) is 52.2 Å². The molecule has 138 valence electrons. The topological polar surface area (TPSA) is 72.6 Å². The highest BCUT2D eigenvalue weighted by molar-refractivity contribution is 7.08. The van der Waals surface area contributed by atoms with Gasteiger partial charge in [0.25, 0.3) is 0 Å². The zero-order chi connectivity index (χ0) is 18.6. The van der Waals surface area contributed by atoms with E-state index in [0.717, 1.165) is 31.2 Å². The second kappa shape index (κ2) is 8.01. The third kappa shape index (κ3) is 4.14. The lowest BCUT2D eigenvalue weighted by atomic mass is 9.96. The van der Waals surface area contributed by atoms with Crippen LogP contribution in [0.25, 0.3) is 0 Å². The van der Waals surface area contributed by atoms with Gasteiger partial charge in [0.1, 0.15) is 12.4 Å². The van der Waals surface area contributed by atoms with Gasteiger partial charge in [-0.1, -0.05) is 12.8 Å². The van der Waals surface area contributed by atoms with Crippen LogP contribution in [0.4, 0.5) is 0 Å². The van der Waals surface area contributed by atoms with Crippen LogP contribution in [0, 0.1) is 0 Å². The maximum absolute atomic E-state index is 12.5. The molecular weight excluding hydrogens is 348 g/mol. The standard InChI is InChI=1S/C20H24N2O3S/c1-22(12-18(23)16-8-11-26-13-16)20(9-2-3-10-20)14-25-17-6-4-15(5-7-17)19(21)24/h4-8,11,13H,2-3,9-10,12,14H2,1H3,(H2,21,24). The van der Waals surface area contributed by atoms with Crippen molar-refractivity contribution in [3.63, 3.8) is 0 Å². The Kier molecular flexibility index (Phi) is 5.74. The first-order valence-corrected chi connectivity index (χ1v) is 9.74. The van der Waals surface area contributed by atoms with Gasteiger partial charge in [-0.3, -0.25) is 14.5 Å². The van der Waals surface area contributed by atoms with Crippen molar-refractivity contribution in [2.24, 2.45) is 5.73 Å². The molecule has 26 heavy (non-hydrogen) atoms. The molecule has 6 heteroatoms. The molecule has 2 aromatic rings. The normalized spacial score (nSPS) is 15.9. The highest BCUT2D eigenvalue weighted by atomic mass is 32.1. The number of nitrogens with two attached hydrogens (primary N) is 1. The summed E-state index contributed by atoms with van der Waals surface area (Å²) in [6, 6.07) is 8.74. The zero-order valence-corrected chi connectivity index (χ0v) is 15.8. The molecule has 1 aromatic carbocycles. The number of ketones is 1. The van der Waals surface area contributed by atoms with E-state index >= 15 is 0 Å². The maximum Gasteiger partial charge on any atom is 0.248 e. The number of thiophene rings is 1. The Morgan fingerprint density at radius 3 is 2.42 bits per heavy atom. The van der Waals surface area contributed by atoms with Crippen molar-refractivity contribution in [1.29, 1.82) is 0 Å². The van der Waals surface area contributed by atoms with Gasteiger partial charge >= 0.3 is 0 Å². The van der Waals surface area contributed by atoms with Crippen LogP contribution in [0.1, 0.15) is 46.4 Å². The fourth-order valence-corrected chi connectivity index (χ4v) is 4.16. The first-order valence-electron chi connectivity index (χ1n) is 8.79. The number of hydrogen-bond acceptors (Lipinski definition) is 5. The van der Waals surface area contributed by atoms with Crippen LogP contribution in [-0.4, -0.2) is 42.3 Å². The first kappa shape index (κ1) is 18.6. The third-order valence-corrected chi connectivity index (χ3v) is 5.90. The Balaban J connectivity index is 1.65. The van der Waals surface area contributed by atoms with Gasteiger partial charge in [0.2, 0.25) is 5.91 Å². The molecule has 0 radical (unpaired) electrons. The molecule has 1 amide bonds. The van der Waals surface area contributed by atoms with Crippen LogP contribution >= 0.6 is 11.3 Å². The fraction of sp³-hybridized carbons (Fsp3) is 0.400. The number of carbonyl (C=O) groups excluding carboxylic acids is 2. The number of nitrogens with zero attached hydrogens (tertiary/aromatic N) is 1. The van der Waals surface area contributed by atoms with Crippen molar-refractivity contribution in [2.75, 3.05) is 20.2 Å². The van der Waals surface area contributed by atoms with Crippen LogP contribution in [0.15, 0.2) is 41.1 Å². The van der Waals surface area contributed by atoms with Crippen molar-refractivity contribution >= 4 is 23.0 Å². The van der Waals surface area contributed by atoms with Crippen molar-refractivity contribution in [3.8, 4) is 5.75 Å². The number of amides is 1. The summed E-state index contributed by atoms with van der Waals surface area (Å²) in [7, 11) is 2.01. The zero-order valence-electron chi connectivity index (χ0n) is 14.9. The SMILES string of the molecule is CN(CC(=O)c1ccsc1)C1(COc2ccc(C(N)=O)cc2)CCCC1. The van der Waals surface area contributed by atoms with Gasteiger partial charge in [-0.15, -0.1) is 0 Å². The van der Waals surface area contributed by atoms with Crippen LogP contribution in [0.2, 0.25) is 0 Å². The van der Waals surface area contributed by atoms with Gasteiger partial charge in [-0.2, -0.15) is 11.3 Å². The van der Waals surface area contributed by atoms with E-state index in [0.29, 0.717) is 24.5 Å². The van der Waals surface area contributed by atoms with Crippen molar-refractivity contribution in [1.82, 2.24) is 4.90 Å². The minimum absolute atomic E-state index is 0.131. The number of hydrogen-bond donors (Lipinski definition) is 1. The van der Waals surface area contributed by atoms with Crippen molar-refractivity contribution < 1.29 is 14.3 Å². The average Bonchev–Trinajstić information content (AvgIpc) is 3.33. The van der Waals surface area contributed by atoms with E-state index in [1.807, 2.05) is 23.9 Å². The van der Waals surface area contributed by atoms with E-state index in [4.69, 9.17) is 10.5 Å². The molecule has 1 aromatic heterocycles. The maximum atomic E-state index is 12.5. The molecule has 1 fully saturated rings. The molecule has 3 rings (SSSR count). The van der Waals surface area contributed by atoms with Gasteiger partial charge in [0.15, 0.2) is 5.78 Å². The summed E-state index contributed by atoms with van der Waals surface area (Å²) in [5.41, 5.74) is 6.38. The van der Waals surface area contributed by atoms with Gasteiger partial charge < -0.3 is 10.5 Å². The molecule has 0 aliphatic heterocycles. The summed E-state index contributed by atoms with van der Waals surface area (Å²) in [4.78, 5) is 25.8. The molecule has 0 bridgehead atoms. The first-order chi connectivity index (χ1) is 12.5. The molecule has 1 saturated carbocycles. The molecule has 1 aliphatic carbocycles. The summed E-state index contributed by atoms with van der Waals surface area (Å²) in [6.45, 7) is 0.914. The second-order valence-electron chi connectivity index (χ2n) is 6.90. The second-order valence-corrected chi connectivity index (χ2v) is 7.68. The molecule has 1 aliphatic rings. The highest BCUT2D eigenvalue weighted by Gasteiger charge is 2.39. The van der Waals surface area contributed by atoms with E-state index in [1.54, 1.807) is 35.6 Å². The Bertz CT molecular complexity index is 750. The number of benzene rings is 1. The molecule has 2 N–H and O–H groups in total. The minimum Gasteiger partial charge on any atom is -0.492 e. The van der Waals surface area contributed by atoms with Crippen LogP contribution in [0.3, 0.4) is 0 Å². The molecule has 0 atom stereocenters. The summed E-state index contributed by atoms with van der Waals surface area (Å²) in [6.07, 6.45) is 4.31. The molecule has 0 saturated heterocycles. The smallest absolute Gasteiger partial charge is 0.248 e. The number of primary amides is 1. The van der Waals surface area contributed by atoms with Crippen molar-refractivity contribution in [2.45, 2.75) is 31.2 Å². The van der Waals surface area contributed by atoms with E-state index < -0.39 is 5.91 Å². The average molecular weight is 372 g/mol.